The highest BCUT2D eigenvalue weighted by Crippen LogP contribution is 2.10. The van der Waals surface area contributed by atoms with Gasteiger partial charge in [-0.25, -0.2) is 9.99 Å². The van der Waals surface area contributed by atoms with Crippen molar-refractivity contribution in [3.05, 3.63) is 59.9 Å². The van der Waals surface area contributed by atoms with Crippen molar-refractivity contribution in [1.82, 2.24) is 5.43 Å². The summed E-state index contributed by atoms with van der Waals surface area (Å²) in [5.41, 5.74) is 4.16. The monoisotopic (exact) mass is 434 g/mol. The molecule has 1 aromatic heterocycles. The Bertz CT molecular complexity index is 926. The maximum Gasteiger partial charge on any atom is 0.294 e. The predicted molar refractivity (Wildman–Crippen MR) is 118 cm³/mol. The maximum absolute atomic E-state index is 11.8. The molecule has 1 unspecified atom stereocenters. The van der Waals surface area contributed by atoms with E-state index >= 15 is 0 Å². The number of carbonyl (C=O) groups is 1. The molecule has 2 rings (SSSR count). The Morgan fingerprint density at radius 2 is 1.90 bits per heavy atom. The molecular weight excluding hydrogens is 402 g/mol. The van der Waals surface area contributed by atoms with Crippen LogP contribution in [0.2, 0.25) is 0 Å². The van der Waals surface area contributed by atoms with Gasteiger partial charge in [-0.15, -0.1) is 0 Å². The van der Waals surface area contributed by atoms with E-state index in [0.29, 0.717) is 11.5 Å². The lowest BCUT2D eigenvalue weighted by atomic mass is 10.0. The fourth-order valence-electron chi connectivity index (χ4n) is 2.55. The minimum Gasteiger partial charge on any atom is -0.282 e. The van der Waals surface area contributed by atoms with Gasteiger partial charge in [0.2, 0.25) is 0 Å². The van der Waals surface area contributed by atoms with Gasteiger partial charge < -0.3 is 0 Å². The Kier molecular flexibility index (Phi) is 10.9. The summed E-state index contributed by atoms with van der Waals surface area (Å²) in [6, 6.07) is 9.61. The lowest BCUT2D eigenvalue weighted by molar-refractivity contribution is -0.671. The molecule has 0 fully saturated rings. The summed E-state index contributed by atoms with van der Waals surface area (Å²) in [5, 5.41) is 4.07. The molecule has 1 heterocycles. The number of carbonyl (C=O) groups excluding carboxylic acids is 1. The van der Waals surface area contributed by atoms with E-state index in [1.807, 2.05) is 37.0 Å². The number of hydrogen-bond donors (Lipinski definition) is 2. The molecule has 2 aromatic rings. The van der Waals surface area contributed by atoms with Crippen LogP contribution in [0.4, 0.5) is 0 Å². The third-order valence-electron chi connectivity index (χ3n) is 4.43. The number of nitrogens with one attached hydrogen (secondary N) is 1. The van der Waals surface area contributed by atoms with Crippen molar-refractivity contribution in [2.24, 2.45) is 18.1 Å². The van der Waals surface area contributed by atoms with Crippen molar-refractivity contribution < 1.29 is 22.3 Å². The van der Waals surface area contributed by atoms with Gasteiger partial charge in [0.15, 0.2) is 12.4 Å². The van der Waals surface area contributed by atoms with Gasteiger partial charge in [0.1, 0.15) is 12.6 Å². The molecule has 0 spiro atoms. The number of hydrogen-bond acceptors (Lipinski definition) is 4. The fraction of sp³-hybridized carbons (Fsp3) is 0.409. The van der Waals surface area contributed by atoms with Crippen LogP contribution in [0.15, 0.2) is 58.8 Å². The van der Waals surface area contributed by atoms with Crippen LogP contribution < -0.4 is 9.99 Å². The third kappa shape index (κ3) is 9.76. The summed E-state index contributed by atoms with van der Waals surface area (Å²) >= 11 is 0. The molecule has 30 heavy (non-hydrogen) atoms. The van der Waals surface area contributed by atoms with E-state index in [1.54, 1.807) is 24.4 Å². The van der Waals surface area contributed by atoms with Gasteiger partial charge in [0.05, 0.1) is 4.90 Å². The van der Waals surface area contributed by atoms with E-state index in [9.17, 15) is 13.2 Å². The zero-order chi connectivity index (χ0) is 22.6. The van der Waals surface area contributed by atoms with E-state index in [2.05, 4.69) is 24.4 Å². The molecule has 0 radical (unpaired) electrons. The molecule has 0 saturated heterocycles. The molecule has 0 bridgehead atoms. The first-order valence-corrected chi connectivity index (χ1v) is 11.4. The summed E-state index contributed by atoms with van der Waals surface area (Å²) in [4.78, 5) is 11.8. The van der Waals surface area contributed by atoms with Crippen molar-refractivity contribution in [2.45, 2.75) is 51.3 Å². The van der Waals surface area contributed by atoms with Crippen LogP contribution >= 0.6 is 0 Å². The minimum atomic E-state index is -4.02. The number of amides is 1. The summed E-state index contributed by atoms with van der Waals surface area (Å²) in [7, 11) is -2.13. The second-order valence-electron chi connectivity index (χ2n) is 7.08. The first kappa shape index (κ1) is 25.5. The Morgan fingerprint density at radius 3 is 2.43 bits per heavy atom. The van der Waals surface area contributed by atoms with Crippen molar-refractivity contribution in [1.29, 1.82) is 0 Å². The van der Waals surface area contributed by atoms with Crippen LogP contribution in [0.1, 0.15) is 55.5 Å². The Labute approximate surface area is 179 Å². The number of aryl methyl sites for hydroxylation is 2. The molecule has 1 atom stereocenters. The largest absolute Gasteiger partial charge is 0.294 e. The molecule has 164 valence electrons. The summed E-state index contributed by atoms with van der Waals surface area (Å²) < 4.78 is 31.4. The van der Waals surface area contributed by atoms with Gasteiger partial charge >= 0.3 is 0 Å². The molecule has 2 N–H and O–H groups in total. The molecule has 8 heteroatoms. The van der Waals surface area contributed by atoms with Gasteiger partial charge in [-0.2, -0.15) is 13.5 Å². The molecule has 0 aliphatic rings. The van der Waals surface area contributed by atoms with E-state index < -0.39 is 10.1 Å². The molecule has 0 aliphatic carbocycles. The van der Waals surface area contributed by atoms with Crippen molar-refractivity contribution in [3.63, 3.8) is 0 Å². The number of unbranched alkanes of at least 4 members (excludes halogenated alkanes) is 1. The van der Waals surface area contributed by atoms with Crippen molar-refractivity contribution in [2.75, 3.05) is 0 Å². The van der Waals surface area contributed by atoms with Crippen LogP contribution in [0, 0.1) is 12.8 Å². The van der Waals surface area contributed by atoms with E-state index in [0.717, 1.165) is 18.4 Å². The third-order valence-corrected chi connectivity index (χ3v) is 5.29. The molecular formula is C22H32N3O4S+. The smallest absolute Gasteiger partial charge is 0.282 e. The molecule has 1 amide bonds. The Balaban J connectivity index is 0.000000346. The van der Waals surface area contributed by atoms with Crippen LogP contribution in [0.5, 0.6) is 0 Å². The number of nitrogens with zero attached hydrogens (tertiary/aromatic N) is 2. The van der Waals surface area contributed by atoms with Crippen molar-refractivity contribution >= 4 is 22.2 Å². The number of pyridine rings is 1. The number of benzene rings is 1. The highest BCUT2D eigenvalue weighted by molar-refractivity contribution is 7.85. The summed E-state index contributed by atoms with van der Waals surface area (Å²) in [6.07, 6.45) is 10.1. The van der Waals surface area contributed by atoms with Gasteiger partial charge in [0, 0.05) is 12.3 Å². The van der Waals surface area contributed by atoms with Gasteiger partial charge in [-0.1, -0.05) is 44.4 Å². The van der Waals surface area contributed by atoms with Crippen LogP contribution in [-0.2, 0) is 17.2 Å². The number of rotatable bonds is 8. The quantitative estimate of drug-likeness (QED) is 0.286. The number of aromatic nitrogens is 1. The van der Waals surface area contributed by atoms with Gasteiger partial charge in [-0.05, 0) is 43.9 Å². The van der Waals surface area contributed by atoms with Crippen molar-refractivity contribution in [3.8, 4) is 0 Å². The maximum atomic E-state index is 11.8. The summed E-state index contributed by atoms with van der Waals surface area (Å²) in [6.45, 7) is 6.17. The highest BCUT2D eigenvalue weighted by atomic mass is 32.2. The zero-order valence-electron chi connectivity index (χ0n) is 18.1. The predicted octanol–water partition coefficient (Wildman–Crippen LogP) is 3.68. The zero-order valence-corrected chi connectivity index (χ0v) is 18.9. The molecule has 7 nitrogen and oxygen atoms in total. The Hall–Kier alpha value is -2.58. The van der Waals surface area contributed by atoms with Crippen LogP contribution in [-0.4, -0.2) is 25.1 Å². The lowest BCUT2D eigenvalue weighted by Crippen LogP contribution is -2.29. The fourth-order valence-corrected chi connectivity index (χ4v) is 3.03. The van der Waals surface area contributed by atoms with E-state index in [-0.39, 0.29) is 10.8 Å². The highest BCUT2D eigenvalue weighted by Gasteiger charge is 2.08. The second kappa shape index (κ2) is 12.9. The molecule has 1 aromatic carbocycles. The summed E-state index contributed by atoms with van der Waals surface area (Å²) in [5.74, 6) is 0.282. The average Bonchev–Trinajstić information content (AvgIpc) is 2.70. The molecule has 0 saturated carbocycles. The Morgan fingerprint density at radius 1 is 1.23 bits per heavy atom. The first-order chi connectivity index (χ1) is 14.2. The second-order valence-corrected chi connectivity index (χ2v) is 8.50. The minimum absolute atomic E-state index is 0.0666. The van der Waals surface area contributed by atoms with Crippen LogP contribution in [0.25, 0.3) is 0 Å². The lowest BCUT2D eigenvalue weighted by Gasteiger charge is -2.07. The number of hydrazone groups is 1. The van der Waals surface area contributed by atoms with E-state index in [4.69, 9.17) is 4.55 Å². The normalized spacial score (nSPS) is 12.2. The van der Waals surface area contributed by atoms with E-state index in [1.165, 1.54) is 25.0 Å². The van der Waals surface area contributed by atoms with Gasteiger partial charge in [0.25, 0.3) is 16.0 Å². The SMILES string of the molecule is CCCCC(/C=N/NC(=O)c1ccc[n+](C)c1)CC.Cc1ccc(S(=O)(=O)O)cc1. The average molecular weight is 435 g/mol. The molecule has 0 aliphatic heterocycles. The topological polar surface area (TPSA) is 99.7 Å². The van der Waals surface area contributed by atoms with Gasteiger partial charge in [-0.3, -0.25) is 9.35 Å². The van der Waals surface area contributed by atoms with Crippen LogP contribution in [0.3, 0.4) is 0 Å². The standard InChI is InChI=1S/C15H23N3O.C7H8O3S/c1-4-6-8-13(5-2)11-16-17-15(19)14-9-7-10-18(3)12-14;1-6-2-4-7(5-3-6)11(8,9)10/h7,9-13H,4-6,8H2,1-3H3;2-5H,1H3,(H,8,9,10)/p+1/b16-11+;. The first-order valence-electron chi connectivity index (χ1n) is 10.00.